The van der Waals surface area contributed by atoms with Gasteiger partial charge in [-0.05, 0) is 25.2 Å². The van der Waals surface area contributed by atoms with Gasteiger partial charge in [0, 0.05) is 12.5 Å². The lowest BCUT2D eigenvalue weighted by atomic mass is 9.92. The molecule has 0 aliphatic carbocycles. The number of rotatable bonds is 3. The minimum atomic E-state index is -4.25. The van der Waals surface area contributed by atoms with Gasteiger partial charge in [-0.15, -0.1) is 0 Å². The molecule has 2 heterocycles. The number of hydrogen-bond donors (Lipinski definition) is 0. The van der Waals surface area contributed by atoms with Crippen molar-refractivity contribution in [2.75, 3.05) is 0 Å². The molecule has 0 aromatic heterocycles. The molecule has 108 valence electrons. The Balaban J connectivity index is 2.01. The summed E-state index contributed by atoms with van der Waals surface area (Å²) in [5.41, 5.74) is 1.34. The highest BCUT2D eigenvalue weighted by Crippen LogP contribution is 2.38. The first-order valence-corrected chi connectivity index (χ1v) is 6.86. The third-order valence-electron chi connectivity index (χ3n) is 4.08. The standard InChI is InChI=1S/C14H20F3NO/c1-9(2)10-7-11-3-4-12(8-10)18(11)13(19)5-6-14(15,16)17/h7,9,11-12H,3-6,8H2,1-2H3. The summed E-state index contributed by atoms with van der Waals surface area (Å²) in [6, 6.07) is 0.144. The van der Waals surface area contributed by atoms with Gasteiger partial charge in [-0.25, -0.2) is 0 Å². The maximum absolute atomic E-state index is 12.2. The molecule has 0 radical (unpaired) electrons. The van der Waals surface area contributed by atoms with Crippen LogP contribution in [0.1, 0.15) is 46.0 Å². The Labute approximate surface area is 111 Å². The summed E-state index contributed by atoms with van der Waals surface area (Å²) in [6.07, 6.45) is -0.952. The fourth-order valence-electron chi connectivity index (χ4n) is 3.06. The first kappa shape index (κ1) is 14.4. The van der Waals surface area contributed by atoms with Crippen molar-refractivity contribution in [2.45, 2.75) is 64.2 Å². The lowest BCUT2D eigenvalue weighted by Crippen LogP contribution is -2.43. The van der Waals surface area contributed by atoms with Gasteiger partial charge in [0.05, 0.1) is 12.5 Å². The van der Waals surface area contributed by atoms with E-state index >= 15 is 0 Å². The number of amides is 1. The summed E-state index contributed by atoms with van der Waals surface area (Å²) >= 11 is 0. The van der Waals surface area contributed by atoms with Crippen LogP contribution < -0.4 is 0 Å². The fraction of sp³-hybridized carbons (Fsp3) is 0.786. The molecule has 5 heteroatoms. The largest absolute Gasteiger partial charge is 0.389 e. The Morgan fingerprint density at radius 3 is 2.63 bits per heavy atom. The summed E-state index contributed by atoms with van der Waals surface area (Å²) in [7, 11) is 0. The van der Waals surface area contributed by atoms with Crippen LogP contribution in [0, 0.1) is 5.92 Å². The van der Waals surface area contributed by atoms with Gasteiger partial charge in [0.15, 0.2) is 0 Å². The predicted molar refractivity (Wildman–Crippen MR) is 66.5 cm³/mol. The number of alkyl halides is 3. The van der Waals surface area contributed by atoms with Crippen LogP contribution in [-0.4, -0.2) is 29.1 Å². The number of halogens is 3. The molecule has 1 amide bonds. The average molecular weight is 275 g/mol. The van der Waals surface area contributed by atoms with Crippen LogP contribution in [0.5, 0.6) is 0 Å². The minimum Gasteiger partial charge on any atom is -0.333 e. The van der Waals surface area contributed by atoms with Crippen LogP contribution in [0.2, 0.25) is 0 Å². The Bertz CT molecular complexity index is 387. The second-order valence-electron chi connectivity index (χ2n) is 5.82. The molecule has 2 unspecified atom stereocenters. The van der Waals surface area contributed by atoms with E-state index in [1.165, 1.54) is 5.57 Å². The maximum Gasteiger partial charge on any atom is 0.389 e. The first-order chi connectivity index (χ1) is 8.78. The van der Waals surface area contributed by atoms with Crippen molar-refractivity contribution in [2.24, 2.45) is 5.92 Å². The van der Waals surface area contributed by atoms with Crippen molar-refractivity contribution in [3.63, 3.8) is 0 Å². The van der Waals surface area contributed by atoms with Gasteiger partial charge in [0.2, 0.25) is 5.91 Å². The third kappa shape index (κ3) is 3.31. The highest BCUT2D eigenvalue weighted by Gasteiger charge is 2.40. The monoisotopic (exact) mass is 275 g/mol. The van der Waals surface area contributed by atoms with Gasteiger partial charge in [0.1, 0.15) is 0 Å². The zero-order valence-electron chi connectivity index (χ0n) is 11.3. The van der Waals surface area contributed by atoms with Gasteiger partial charge in [-0.2, -0.15) is 13.2 Å². The molecular weight excluding hydrogens is 255 g/mol. The van der Waals surface area contributed by atoms with Gasteiger partial charge < -0.3 is 4.90 Å². The van der Waals surface area contributed by atoms with Crippen molar-refractivity contribution in [1.82, 2.24) is 4.90 Å². The Morgan fingerprint density at radius 1 is 1.42 bits per heavy atom. The Kier molecular flexibility index (Phi) is 3.92. The highest BCUT2D eigenvalue weighted by molar-refractivity contribution is 5.78. The predicted octanol–water partition coefficient (Wildman–Crippen LogP) is 3.67. The molecule has 0 N–H and O–H groups in total. The van der Waals surface area contributed by atoms with Crippen LogP contribution >= 0.6 is 0 Å². The van der Waals surface area contributed by atoms with Gasteiger partial charge in [0.25, 0.3) is 0 Å². The Morgan fingerprint density at radius 2 is 2.11 bits per heavy atom. The molecule has 0 aromatic carbocycles. The van der Waals surface area contributed by atoms with Crippen molar-refractivity contribution >= 4 is 5.91 Å². The molecule has 2 rings (SSSR count). The first-order valence-electron chi connectivity index (χ1n) is 6.86. The zero-order valence-corrected chi connectivity index (χ0v) is 11.3. The lowest BCUT2D eigenvalue weighted by Gasteiger charge is -2.35. The van der Waals surface area contributed by atoms with E-state index in [0.29, 0.717) is 5.92 Å². The molecule has 0 saturated carbocycles. The van der Waals surface area contributed by atoms with Gasteiger partial charge in [-0.3, -0.25) is 4.79 Å². The maximum atomic E-state index is 12.2. The number of carbonyl (C=O) groups is 1. The van der Waals surface area contributed by atoms with Gasteiger partial charge in [-0.1, -0.05) is 25.5 Å². The Hall–Kier alpha value is -1.00. The van der Waals surface area contributed by atoms with Crippen LogP contribution in [0.4, 0.5) is 13.2 Å². The summed E-state index contributed by atoms with van der Waals surface area (Å²) in [5.74, 6) is 0.111. The molecule has 19 heavy (non-hydrogen) atoms. The zero-order chi connectivity index (χ0) is 14.2. The lowest BCUT2D eigenvalue weighted by molar-refractivity contribution is -0.150. The molecule has 2 atom stereocenters. The van der Waals surface area contributed by atoms with E-state index in [2.05, 4.69) is 19.9 Å². The normalized spacial score (nSPS) is 26.8. The summed E-state index contributed by atoms with van der Waals surface area (Å²) < 4.78 is 36.5. The van der Waals surface area contributed by atoms with Crippen molar-refractivity contribution in [3.8, 4) is 0 Å². The van der Waals surface area contributed by atoms with Crippen molar-refractivity contribution < 1.29 is 18.0 Å². The molecule has 2 nitrogen and oxygen atoms in total. The second-order valence-corrected chi connectivity index (χ2v) is 5.82. The second kappa shape index (κ2) is 5.17. The quantitative estimate of drug-likeness (QED) is 0.720. The number of hydrogen-bond acceptors (Lipinski definition) is 1. The fourth-order valence-corrected chi connectivity index (χ4v) is 3.06. The molecule has 2 bridgehead atoms. The molecule has 1 saturated heterocycles. The van der Waals surface area contributed by atoms with E-state index in [-0.39, 0.29) is 18.0 Å². The third-order valence-corrected chi connectivity index (χ3v) is 4.08. The summed E-state index contributed by atoms with van der Waals surface area (Å²) in [5, 5.41) is 0. The number of fused-ring (bicyclic) bond motifs is 2. The topological polar surface area (TPSA) is 20.3 Å². The van der Waals surface area contributed by atoms with E-state index in [1.807, 2.05) is 0 Å². The number of nitrogens with zero attached hydrogens (tertiary/aromatic N) is 1. The van der Waals surface area contributed by atoms with Gasteiger partial charge >= 0.3 is 6.18 Å². The molecule has 1 fully saturated rings. The summed E-state index contributed by atoms with van der Waals surface area (Å²) in [4.78, 5) is 13.7. The smallest absolute Gasteiger partial charge is 0.333 e. The van der Waals surface area contributed by atoms with E-state index in [1.54, 1.807) is 4.90 Å². The molecule has 0 aromatic rings. The molecule has 2 aliphatic rings. The molecule has 2 aliphatic heterocycles. The van der Waals surface area contributed by atoms with Crippen LogP contribution in [0.25, 0.3) is 0 Å². The van der Waals surface area contributed by atoms with Crippen LogP contribution in [0.15, 0.2) is 11.6 Å². The van der Waals surface area contributed by atoms with Crippen molar-refractivity contribution in [3.05, 3.63) is 11.6 Å². The van der Waals surface area contributed by atoms with E-state index in [0.717, 1.165) is 19.3 Å². The van der Waals surface area contributed by atoms with E-state index < -0.39 is 19.0 Å². The average Bonchev–Trinajstić information content (AvgIpc) is 2.55. The van der Waals surface area contributed by atoms with E-state index in [4.69, 9.17) is 0 Å². The SMILES string of the molecule is CC(C)C1=CC2CCC(C1)N2C(=O)CCC(F)(F)F. The molecular formula is C14H20F3NO. The molecule has 0 spiro atoms. The highest BCUT2D eigenvalue weighted by atomic mass is 19.4. The summed E-state index contributed by atoms with van der Waals surface area (Å²) in [6.45, 7) is 4.23. The van der Waals surface area contributed by atoms with Crippen LogP contribution in [-0.2, 0) is 4.79 Å². The minimum absolute atomic E-state index is 0.0249. The van der Waals surface area contributed by atoms with Crippen molar-refractivity contribution in [1.29, 1.82) is 0 Å². The number of carbonyl (C=O) groups excluding carboxylic acids is 1. The van der Waals surface area contributed by atoms with E-state index in [9.17, 15) is 18.0 Å². The van der Waals surface area contributed by atoms with Crippen LogP contribution in [0.3, 0.4) is 0 Å².